The molecule has 2 aromatic rings. The number of hydrogen-bond acceptors (Lipinski definition) is 2. The van der Waals surface area contributed by atoms with Crippen molar-refractivity contribution in [3.8, 4) is 0 Å². The average Bonchev–Trinajstić information content (AvgIpc) is 2.58. The van der Waals surface area contributed by atoms with Gasteiger partial charge in [0.25, 0.3) is 0 Å². The Morgan fingerprint density at radius 1 is 1.12 bits per heavy atom. The molecule has 0 bridgehead atoms. The molecule has 0 saturated carbocycles. The minimum absolute atomic E-state index is 1.07. The van der Waals surface area contributed by atoms with Crippen LogP contribution in [0.5, 0.6) is 0 Å². The van der Waals surface area contributed by atoms with Crippen LogP contribution < -0.4 is 0 Å². The molecule has 0 N–H and O–H groups in total. The van der Waals surface area contributed by atoms with E-state index in [9.17, 15) is 0 Å². The van der Waals surface area contributed by atoms with Crippen LogP contribution >= 0.6 is 11.3 Å². The maximum atomic E-state index is 4.43. The van der Waals surface area contributed by atoms with E-state index in [0.717, 1.165) is 16.3 Å². The third kappa shape index (κ3) is 2.07. The van der Waals surface area contributed by atoms with Gasteiger partial charge in [0.1, 0.15) is 0 Å². The summed E-state index contributed by atoms with van der Waals surface area (Å²) < 4.78 is 0. The molecular weight excluding hydrogens is 214 g/mol. The molecule has 1 nitrogen and oxygen atoms in total. The third-order valence-corrected chi connectivity index (χ3v) is 3.71. The quantitative estimate of drug-likeness (QED) is 0.754. The van der Waals surface area contributed by atoms with E-state index >= 15 is 0 Å². The van der Waals surface area contributed by atoms with Crippen LogP contribution in [0.1, 0.15) is 26.7 Å². The molecule has 0 fully saturated rings. The van der Waals surface area contributed by atoms with Crippen molar-refractivity contribution in [1.82, 2.24) is 4.98 Å². The Balaban J connectivity index is 2.39. The van der Waals surface area contributed by atoms with Crippen molar-refractivity contribution in [2.24, 2.45) is 0 Å². The summed E-state index contributed by atoms with van der Waals surface area (Å²) in [6, 6.07) is 8.46. The minimum Gasteiger partial charge on any atom is -0.246 e. The maximum absolute atomic E-state index is 4.43. The first-order chi connectivity index (χ1) is 7.58. The Bertz CT molecular complexity index is 520. The van der Waals surface area contributed by atoms with E-state index in [1.165, 1.54) is 16.0 Å². The molecule has 2 heteroatoms. The van der Waals surface area contributed by atoms with Gasteiger partial charge in [-0.3, -0.25) is 0 Å². The smallest absolute Gasteiger partial charge is 0.0903 e. The van der Waals surface area contributed by atoms with Crippen molar-refractivity contribution < 1.29 is 0 Å². The Hall–Kier alpha value is -1.41. The van der Waals surface area contributed by atoms with Gasteiger partial charge in [-0.15, -0.1) is 11.3 Å². The van der Waals surface area contributed by atoms with Gasteiger partial charge in [0, 0.05) is 0 Å². The molecule has 0 atom stereocenters. The summed E-state index contributed by atoms with van der Waals surface area (Å²) in [6.07, 6.45) is 0. The summed E-state index contributed by atoms with van der Waals surface area (Å²) in [5.74, 6) is 0. The zero-order chi connectivity index (χ0) is 11.7. The van der Waals surface area contributed by atoms with Gasteiger partial charge in [0.2, 0.25) is 0 Å². The van der Waals surface area contributed by atoms with Gasteiger partial charge in [-0.2, -0.15) is 0 Å². The predicted octanol–water partition coefficient (Wildman–Crippen LogP) is 4.13. The summed E-state index contributed by atoms with van der Waals surface area (Å²) in [4.78, 5) is 5.63. The first kappa shape index (κ1) is 11.1. The topological polar surface area (TPSA) is 12.9 Å². The maximum Gasteiger partial charge on any atom is 0.0903 e. The van der Waals surface area contributed by atoms with Crippen LogP contribution in [-0.4, -0.2) is 4.98 Å². The standard InChI is InChI=1S/C14H15NS/c1-9-5-7-13(8-6-9)10(2)14-11(3)15-12(4)16-14/h5-8H,2H2,1,3-4H3. The Kier molecular flexibility index (Phi) is 2.92. The van der Waals surface area contributed by atoms with Crippen molar-refractivity contribution >= 4 is 16.9 Å². The lowest BCUT2D eigenvalue weighted by molar-refractivity contribution is 1.19. The van der Waals surface area contributed by atoms with Crippen LogP contribution in [0.15, 0.2) is 30.8 Å². The fraction of sp³-hybridized carbons (Fsp3) is 0.214. The Morgan fingerprint density at radius 3 is 2.25 bits per heavy atom. The lowest BCUT2D eigenvalue weighted by Gasteiger charge is -2.04. The highest BCUT2D eigenvalue weighted by Gasteiger charge is 2.09. The van der Waals surface area contributed by atoms with Crippen molar-refractivity contribution in [3.05, 3.63) is 57.6 Å². The zero-order valence-corrected chi connectivity index (χ0v) is 10.7. The monoisotopic (exact) mass is 229 g/mol. The van der Waals surface area contributed by atoms with Crippen LogP contribution in [-0.2, 0) is 0 Å². The van der Waals surface area contributed by atoms with E-state index in [0.29, 0.717) is 0 Å². The van der Waals surface area contributed by atoms with E-state index in [1.807, 2.05) is 13.8 Å². The van der Waals surface area contributed by atoms with E-state index in [-0.39, 0.29) is 0 Å². The molecule has 2 rings (SSSR count). The number of nitrogens with zero attached hydrogens (tertiary/aromatic N) is 1. The fourth-order valence-electron chi connectivity index (χ4n) is 1.70. The van der Waals surface area contributed by atoms with Crippen LogP contribution in [0.25, 0.3) is 5.57 Å². The Morgan fingerprint density at radius 2 is 1.75 bits per heavy atom. The average molecular weight is 229 g/mol. The van der Waals surface area contributed by atoms with Gasteiger partial charge in [-0.1, -0.05) is 36.4 Å². The second-order valence-corrected chi connectivity index (χ2v) is 5.20. The van der Waals surface area contributed by atoms with Crippen molar-refractivity contribution in [1.29, 1.82) is 0 Å². The highest BCUT2D eigenvalue weighted by Crippen LogP contribution is 2.29. The first-order valence-corrected chi connectivity index (χ1v) is 6.10. The van der Waals surface area contributed by atoms with Crippen LogP contribution in [0.3, 0.4) is 0 Å². The molecule has 0 amide bonds. The molecule has 1 heterocycles. The lowest BCUT2D eigenvalue weighted by atomic mass is 10.0. The molecule has 0 saturated heterocycles. The molecule has 1 aromatic carbocycles. The van der Waals surface area contributed by atoms with Crippen molar-refractivity contribution in [2.45, 2.75) is 20.8 Å². The first-order valence-electron chi connectivity index (χ1n) is 5.28. The van der Waals surface area contributed by atoms with Crippen molar-refractivity contribution in [3.63, 3.8) is 0 Å². The van der Waals surface area contributed by atoms with E-state index in [2.05, 4.69) is 42.8 Å². The van der Waals surface area contributed by atoms with Crippen LogP contribution in [0.2, 0.25) is 0 Å². The largest absolute Gasteiger partial charge is 0.246 e. The molecular formula is C14H15NS. The van der Waals surface area contributed by atoms with Gasteiger partial charge in [0.05, 0.1) is 15.6 Å². The minimum atomic E-state index is 1.07. The van der Waals surface area contributed by atoms with Crippen molar-refractivity contribution in [2.75, 3.05) is 0 Å². The van der Waals surface area contributed by atoms with E-state index in [4.69, 9.17) is 0 Å². The van der Waals surface area contributed by atoms with Gasteiger partial charge in [-0.05, 0) is 31.9 Å². The molecule has 0 aliphatic rings. The summed E-state index contributed by atoms with van der Waals surface area (Å²) in [7, 11) is 0. The van der Waals surface area contributed by atoms with Gasteiger partial charge in [-0.25, -0.2) is 4.98 Å². The predicted molar refractivity (Wildman–Crippen MR) is 70.9 cm³/mol. The zero-order valence-electron chi connectivity index (χ0n) is 9.87. The molecule has 0 aliphatic heterocycles. The number of aromatic nitrogens is 1. The molecule has 0 spiro atoms. The van der Waals surface area contributed by atoms with Gasteiger partial charge < -0.3 is 0 Å². The normalized spacial score (nSPS) is 10.4. The molecule has 0 aliphatic carbocycles. The number of thiazole rings is 1. The lowest BCUT2D eigenvalue weighted by Crippen LogP contribution is -1.86. The molecule has 16 heavy (non-hydrogen) atoms. The van der Waals surface area contributed by atoms with Gasteiger partial charge >= 0.3 is 0 Å². The number of aryl methyl sites for hydroxylation is 3. The summed E-state index contributed by atoms with van der Waals surface area (Å²) in [6.45, 7) is 10.3. The number of rotatable bonds is 2. The highest BCUT2D eigenvalue weighted by atomic mass is 32.1. The molecule has 1 aromatic heterocycles. The summed E-state index contributed by atoms with van der Waals surface area (Å²) in [5, 5.41) is 1.10. The SMILES string of the molecule is C=C(c1ccc(C)cc1)c1sc(C)nc1C. The number of benzene rings is 1. The molecule has 0 radical (unpaired) electrons. The van der Waals surface area contributed by atoms with Crippen LogP contribution in [0, 0.1) is 20.8 Å². The second kappa shape index (κ2) is 4.22. The summed E-state index contributed by atoms with van der Waals surface area (Å²) in [5.41, 5.74) is 4.60. The highest BCUT2D eigenvalue weighted by molar-refractivity contribution is 7.12. The second-order valence-electron chi connectivity index (χ2n) is 3.99. The van der Waals surface area contributed by atoms with Crippen LogP contribution in [0.4, 0.5) is 0 Å². The molecule has 0 unspecified atom stereocenters. The van der Waals surface area contributed by atoms with E-state index in [1.54, 1.807) is 11.3 Å². The fourth-order valence-corrected chi connectivity index (χ4v) is 2.61. The van der Waals surface area contributed by atoms with Gasteiger partial charge in [0.15, 0.2) is 0 Å². The van der Waals surface area contributed by atoms with E-state index < -0.39 is 0 Å². The Labute approximate surface area is 100 Å². The molecule has 82 valence electrons. The number of hydrogen-bond donors (Lipinski definition) is 0. The summed E-state index contributed by atoms with van der Waals surface area (Å²) >= 11 is 1.71. The third-order valence-electron chi connectivity index (χ3n) is 2.58.